The third-order valence-corrected chi connectivity index (χ3v) is 1.84. The van der Waals surface area contributed by atoms with Crippen molar-refractivity contribution in [3.8, 4) is 6.07 Å². The van der Waals surface area contributed by atoms with Crippen molar-refractivity contribution >= 4 is 12.4 Å². The first kappa shape index (κ1) is 10.7. The van der Waals surface area contributed by atoms with Crippen molar-refractivity contribution in [2.24, 2.45) is 0 Å². The summed E-state index contributed by atoms with van der Waals surface area (Å²) in [6.45, 7) is 4.15. The second kappa shape index (κ2) is 4.55. The Morgan fingerprint density at radius 2 is 2.45 bits per heavy atom. The van der Waals surface area contributed by atoms with E-state index >= 15 is 0 Å². The average Bonchev–Trinajstić information content (AvgIpc) is 2.06. The summed E-state index contributed by atoms with van der Waals surface area (Å²) < 4.78 is 5.34. The standard InChI is InChI=1S/C7H12N2O.ClH/c1-2-7(5-8)6-9-3-4-10-7;/h9H,2-4,6H2,1H3;1H. The van der Waals surface area contributed by atoms with Crippen LogP contribution in [0.4, 0.5) is 0 Å². The van der Waals surface area contributed by atoms with Crippen LogP contribution in [0.15, 0.2) is 0 Å². The van der Waals surface area contributed by atoms with E-state index in [0.717, 1.165) is 13.0 Å². The molecule has 0 bridgehead atoms. The van der Waals surface area contributed by atoms with E-state index in [9.17, 15) is 0 Å². The highest BCUT2D eigenvalue weighted by Crippen LogP contribution is 2.15. The molecule has 0 radical (unpaired) electrons. The average molecular weight is 177 g/mol. The van der Waals surface area contributed by atoms with Gasteiger partial charge in [-0.15, -0.1) is 12.4 Å². The largest absolute Gasteiger partial charge is 0.357 e. The van der Waals surface area contributed by atoms with E-state index in [2.05, 4.69) is 11.4 Å². The number of hydrogen-bond donors (Lipinski definition) is 1. The zero-order valence-electron chi connectivity index (χ0n) is 6.59. The molecule has 0 spiro atoms. The molecule has 1 atom stereocenters. The quantitative estimate of drug-likeness (QED) is 0.640. The van der Waals surface area contributed by atoms with Gasteiger partial charge in [0.05, 0.1) is 12.7 Å². The molecule has 4 heteroatoms. The Bertz CT molecular complexity index is 149. The summed E-state index contributed by atoms with van der Waals surface area (Å²) >= 11 is 0. The lowest BCUT2D eigenvalue weighted by molar-refractivity contribution is -0.0269. The lowest BCUT2D eigenvalue weighted by Crippen LogP contribution is -2.48. The molecule has 0 aromatic heterocycles. The van der Waals surface area contributed by atoms with Crippen LogP contribution in [-0.2, 0) is 4.74 Å². The fourth-order valence-electron chi connectivity index (χ4n) is 1.04. The number of nitrogens with zero attached hydrogens (tertiary/aromatic N) is 1. The summed E-state index contributed by atoms with van der Waals surface area (Å²) in [6.07, 6.45) is 0.760. The van der Waals surface area contributed by atoms with Gasteiger partial charge >= 0.3 is 0 Å². The van der Waals surface area contributed by atoms with E-state index in [0.29, 0.717) is 13.2 Å². The van der Waals surface area contributed by atoms with Crippen molar-refractivity contribution in [3.63, 3.8) is 0 Å². The Labute approximate surface area is 73.1 Å². The maximum absolute atomic E-state index is 8.73. The van der Waals surface area contributed by atoms with Gasteiger partial charge in [0.1, 0.15) is 0 Å². The Morgan fingerprint density at radius 3 is 2.73 bits per heavy atom. The van der Waals surface area contributed by atoms with Gasteiger partial charge in [-0.2, -0.15) is 5.26 Å². The van der Waals surface area contributed by atoms with E-state index in [1.54, 1.807) is 0 Å². The van der Waals surface area contributed by atoms with Gasteiger partial charge in [-0.1, -0.05) is 6.92 Å². The third kappa shape index (κ3) is 2.33. The second-order valence-electron chi connectivity index (χ2n) is 2.48. The molecular formula is C7H13ClN2O. The van der Waals surface area contributed by atoms with Crippen LogP contribution >= 0.6 is 12.4 Å². The van der Waals surface area contributed by atoms with E-state index in [1.165, 1.54) is 0 Å². The summed E-state index contributed by atoms with van der Waals surface area (Å²) in [4.78, 5) is 0. The molecule has 0 aliphatic carbocycles. The van der Waals surface area contributed by atoms with E-state index in [-0.39, 0.29) is 12.4 Å². The fraction of sp³-hybridized carbons (Fsp3) is 0.857. The van der Waals surface area contributed by atoms with Gasteiger partial charge in [0.15, 0.2) is 5.60 Å². The zero-order chi connectivity index (χ0) is 7.45. The first-order valence-electron chi connectivity index (χ1n) is 3.59. The van der Waals surface area contributed by atoms with Crippen LogP contribution in [0.3, 0.4) is 0 Å². The number of nitrogens with one attached hydrogen (secondary N) is 1. The molecule has 3 nitrogen and oxygen atoms in total. The van der Waals surface area contributed by atoms with Crippen molar-refractivity contribution in [3.05, 3.63) is 0 Å². The summed E-state index contributed by atoms with van der Waals surface area (Å²) in [5, 5.41) is 11.9. The van der Waals surface area contributed by atoms with E-state index in [1.807, 2.05) is 6.92 Å². The van der Waals surface area contributed by atoms with Crippen molar-refractivity contribution in [2.45, 2.75) is 18.9 Å². The first-order chi connectivity index (χ1) is 4.83. The van der Waals surface area contributed by atoms with Gasteiger partial charge in [-0.25, -0.2) is 0 Å². The molecule has 64 valence electrons. The Balaban J connectivity index is 0.000001000. The van der Waals surface area contributed by atoms with Crippen LogP contribution < -0.4 is 5.32 Å². The molecule has 0 amide bonds. The number of ether oxygens (including phenoxy) is 1. The zero-order valence-corrected chi connectivity index (χ0v) is 7.41. The topological polar surface area (TPSA) is 45.0 Å². The molecule has 1 fully saturated rings. The maximum atomic E-state index is 8.73. The van der Waals surface area contributed by atoms with E-state index < -0.39 is 5.60 Å². The lowest BCUT2D eigenvalue weighted by Gasteiger charge is -2.30. The van der Waals surface area contributed by atoms with Gasteiger partial charge in [0.2, 0.25) is 0 Å². The van der Waals surface area contributed by atoms with Gasteiger partial charge in [0.25, 0.3) is 0 Å². The number of nitriles is 1. The summed E-state index contributed by atoms with van der Waals surface area (Å²) in [5.41, 5.74) is -0.543. The fourth-order valence-corrected chi connectivity index (χ4v) is 1.04. The predicted octanol–water partition coefficient (Wildman–Crippen LogP) is 0.700. The maximum Gasteiger partial charge on any atom is 0.166 e. The smallest absolute Gasteiger partial charge is 0.166 e. The molecular weight excluding hydrogens is 164 g/mol. The number of rotatable bonds is 1. The first-order valence-corrected chi connectivity index (χ1v) is 3.59. The monoisotopic (exact) mass is 176 g/mol. The molecule has 1 aliphatic heterocycles. The SMILES string of the molecule is CCC1(C#N)CNCCO1.Cl. The molecule has 0 saturated carbocycles. The lowest BCUT2D eigenvalue weighted by atomic mass is 10.0. The number of hydrogen-bond acceptors (Lipinski definition) is 3. The predicted molar refractivity (Wildman–Crippen MR) is 44.7 cm³/mol. The van der Waals surface area contributed by atoms with Crippen LogP contribution in [0.5, 0.6) is 0 Å². The highest BCUT2D eigenvalue weighted by atomic mass is 35.5. The van der Waals surface area contributed by atoms with Crippen molar-refractivity contribution in [1.82, 2.24) is 5.32 Å². The Hall–Kier alpha value is -0.300. The molecule has 1 unspecified atom stereocenters. The van der Waals surface area contributed by atoms with Gasteiger partial charge < -0.3 is 10.1 Å². The van der Waals surface area contributed by atoms with Crippen molar-refractivity contribution in [2.75, 3.05) is 19.7 Å². The normalized spacial score (nSPS) is 30.2. The summed E-state index contributed by atoms with van der Waals surface area (Å²) in [5.74, 6) is 0. The van der Waals surface area contributed by atoms with Gasteiger partial charge in [0, 0.05) is 13.1 Å². The van der Waals surface area contributed by atoms with Crippen LogP contribution in [0.2, 0.25) is 0 Å². The van der Waals surface area contributed by atoms with E-state index in [4.69, 9.17) is 10.00 Å². The van der Waals surface area contributed by atoms with Crippen molar-refractivity contribution < 1.29 is 4.74 Å². The molecule has 1 aliphatic rings. The molecule has 0 aromatic carbocycles. The Kier molecular flexibility index (Phi) is 4.43. The molecule has 11 heavy (non-hydrogen) atoms. The Morgan fingerprint density at radius 1 is 1.73 bits per heavy atom. The van der Waals surface area contributed by atoms with Gasteiger partial charge in [-0.05, 0) is 6.42 Å². The van der Waals surface area contributed by atoms with Crippen LogP contribution in [0.1, 0.15) is 13.3 Å². The second-order valence-corrected chi connectivity index (χ2v) is 2.48. The minimum atomic E-state index is -0.543. The molecule has 1 rings (SSSR count). The molecule has 0 aromatic rings. The van der Waals surface area contributed by atoms with Crippen LogP contribution in [0, 0.1) is 11.3 Å². The highest BCUT2D eigenvalue weighted by molar-refractivity contribution is 5.85. The van der Waals surface area contributed by atoms with Crippen LogP contribution in [0.25, 0.3) is 0 Å². The minimum absolute atomic E-state index is 0. The number of halogens is 1. The molecule has 1 N–H and O–H groups in total. The van der Waals surface area contributed by atoms with Gasteiger partial charge in [-0.3, -0.25) is 0 Å². The summed E-state index contributed by atoms with van der Waals surface area (Å²) in [7, 11) is 0. The van der Waals surface area contributed by atoms with Crippen molar-refractivity contribution in [1.29, 1.82) is 5.26 Å². The molecule has 1 saturated heterocycles. The minimum Gasteiger partial charge on any atom is -0.357 e. The third-order valence-electron chi connectivity index (χ3n) is 1.84. The number of morpholine rings is 1. The van der Waals surface area contributed by atoms with Crippen LogP contribution in [-0.4, -0.2) is 25.3 Å². The highest BCUT2D eigenvalue weighted by Gasteiger charge is 2.30. The molecule has 1 heterocycles. The summed E-state index contributed by atoms with van der Waals surface area (Å²) in [6, 6.07) is 2.18.